The van der Waals surface area contributed by atoms with Crippen LogP contribution in [-0.2, 0) is 43.6 Å². The number of pyridine rings is 5. The summed E-state index contributed by atoms with van der Waals surface area (Å²) in [6.45, 7) is 5.12. The van der Waals surface area contributed by atoms with Crippen molar-refractivity contribution >= 4 is 109 Å². The highest BCUT2D eigenvalue weighted by molar-refractivity contribution is 6.31. The molecule has 0 aliphatic rings. The SMILES string of the molecule is Cc1cc(-c2ncccc2-c2ccc(C=N)c(NCC(N)=O)c2)ccc1F.Cc1cc(-c2ncccc2-c2ccc(C=NCC(N)=O)c(N)c2)ccc1F.Cc1cc(-c2ncccc2-c2ccc3nn(CC(N)=O)cc3c2)ccc1F.NC(=O)Cn1cc2ccc(-c3cccnc3-c3ccc(F)c(Cl)c3)cc2n1.NC(=O)Cn1ncc2ccc(-c3cccnc3-c3ccc(F)c(Cl)c3)cc21. The first-order chi connectivity index (χ1) is 65.0. The lowest BCUT2D eigenvalue weighted by molar-refractivity contribution is -0.119. The van der Waals surface area contributed by atoms with Crippen LogP contribution in [0.4, 0.5) is 33.3 Å². The predicted molar refractivity (Wildman–Crippen MR) is 519 cm³/mol. The number of aromatic nitrogens is 11. The molecule has 0 saturated carbocycles. The van der Waals surface area contributed by atoms with Gasteiger partial charge in [-0.3, -0.25) is 67.9 Å². The number of fused-ring (bicyclic) bond motifs is 3. The maximum absolute atomic E-state index is 13.6. The number of carbonyl (C=O) groups is 5. The van der Waals surface area contributed by atoms with Gasteiger partial charge in [-0.05, 0) is 223 Å². The molecule has 0 bridgehead atoms. The highest BCUT2D eigenvalue weighted by Gasteiger charge is 2.21. The number of halogens is 7. The molecule has 0 aliphatic carbocycles. The average molecular weight is 1850 g/mol. The molecule has 0 unspecified atom stereocenters. The Kier molecular flexibility index (Phi) is 29.7. The second-order valence-electron chi connectivity index (χ2n) is 30.9. The van der Waals surface area contributed by atoms with E-state index in [9.17, 15) is 45.9 Å². The molecule has 10 aromatic carbocycles. The number of hydrogen-bond acceptors (Lipinski definition) is 17. The summed E-state index contributed by atoms with van der Waals surface area (Å²) in [5.74, 6) is -4.04. The lowest BCUT2D eigenvalue weighted by atomic mass is 9.97. The van der Waals surface area contributed by atoms with Crippen molar-refractivity contribution in [3.8, 4) is 112 Å². The van der Waals surface area contributed by atoms with E-state index in [4.69, 9.17) is 63.0 Å². The number of amides is 5. The Labute approximate surface area is 779 Å². The van der Waals surface area contributed by atoms with Crippen molar-refractivity contribution < 1.29 is 45.9 Å². The van der Waals surface area contributed by atoms with Crippen LogP contribution in [0.15, 0.2) is 297 Å². The van der Waals surface area contributed by atoms with E-state index in [0.717, 1.165) is 128 Å². The van der Waals surface area contributed by atoms with Crippen LogP contribution in [0.5, 0.6) is 0 Å². The van der Waals surface area contributed by atoms with E-state index in [2.05, 4.69) is 50.5 Å². The van der Waals surface area contributed by atoms with E-state index in [1.165, 1.54) is 52.1 Å². The lowest BCUT2D eigenvalue weighted by Crippen LogP contribution is -2.22. The molecule has 18 aromatic rings. The average Bonchev–Trinajstić information content (AvgIpc) is 1.56. The molecule has 0 saturated heterocycles. The Bertz CT molecular complexity index is 7420. The highest BCUT2D eigenvalue weighted by atomic mass is 35.5. The molecule has 25 nitrogen and oxygen atoms in total. The second-order valence-corrected chi connectivity index (χ2v) is 31.7. The van der Waals surface area contributed by atoms with Crippen molar-refractivity contribution in [3.05, 3.63) is 359 Å². The van der Waals surface area contributed by atoms with E-state index in [1.807, 2.05) is 146 Å². The number of rotatable bonds is 23. The maximum Gasteiger partial charge on any atom is 0.239 e. The number of anilines is 2. The Morgan fingerprint density at radius 1 is 0.393 bits per heavy atom. The molecule has 18 rings (SSSR count). The maximum atomic E-state index is 13.6. The normalized spacial score (nSPS) is 10.9. The van der Waals surface area contributed by atoms with Crippen molar-refractivity contribution in [3.63, 3.8) is 0 Å². The Balaban J connectivity index is 0.000000135. The summed E-state index contributed by atoms with van der Waals surface area (Å²) in [7, 11) is 0. The monoisotopic (exact) mass is 1840 g/mol. The topological polar surface area (TPSA) is 408 Å². The third-order valence-electron chi connectivity index (χ3n) is 21.2. The molecule has 0 spiro atoms. The minimum absolute atomic E-state index is 0.000417. The van der Waals surface area contributed by atoms with E-state index >= 15 is 0 Å². The number of nitrogens with one attached hydrogen (secondary N) is 2. The standard InChI is InChI=1S/C21H17FN4O.2C21H19FN4O.2C20H14ClFN4O/c1-13-9-15(4-6-18(13)22)21-17(3-2-8-24-21)14-5-7-19-16(10-14)11-26(25-19)12-20(23)27;1-13-9-15(6-7-18(13)22)21-17(3-2-8-26-21)14-4-5-16(19(23)10-14)11-25-12-20(24)27;1-13-9-15(6-7-18(13)22)21-17(3-2-8-25-21)14-4-5-16(11-23)19(10-14)26-12-20(24)27;21-16-8-13(5-6-17(16)22)20-15(2-1-7-24-20)12-3-4-14-10-26(11-19(23)27)25-18(14)9-12;21-16-8-13(5-6-17(16)22)20-15(2-1-7-24-20)12-3-4-14-10-25-26(11-19(23)27)18(14)9-12/h2-11H,12H2,1H3,(H2,23,27);2-11H,12,23H2,1H3,(H2,24,27);2-11,23,26H,12H2,1H3,(H2,24,27);2*1-10H,11H2,(H2,23,27). The van der Waals surface area contributed by atoms with Crippen LogP contribution in [0, 0.1) is 55.3 Å². The van der Waals surface area contributed by atoms with E-state index < -0.39 is 41.2 Å². The number of hydrogen-bond donors (Lipinski definition) is 8. The molecule has 0 aliphatic heterocycles. The number of nitrogen functional groups attached to an aromatic ring is 1. The van der Waals surface area contributed by atoms with Gasteiger partial charge in [-0.15, -0.1) is 0 Å². The van der Waals surface area contributed by atoms with Gasteiger partial charge >= 0.3 is 0 Å². The van der Waals surface area contributed by atoms with E-state index in [0.29, 0.717) is 56.1 Å². The molecule has 0 atom stereocenters. The van der Waals surface area contributed by atoms with Gasteiger partial charge in [0.1, 0.15) is 55.3 Å². The number of carbonyl (C=O) groups excluding carboxylic acids is 5. The van der Waals surface area contributed by atoms with Crippen LogP contribution in [0.3, 0.4) is 0 Å². The van der Waals surface area contributed by atoms with Gasteiger partial charge in [0.25, 0.3) is 0 Å². The molecule has 8 heterocycles. The number of benzene rings is 10. The van der Waals surface area contributed by atoms with Crippen LogP contribution < -0.4 is 39.7 Å². The van der Waals surface area contributed by atoms with E-state index in [1.54, 1.807) is 142 Å². The summed E-state index contributed by atoms with van der Waals surface area (Å²) in [5, 5.41) is 26.2. The molecule has 32 heteroatoms. The Hall–Kier alpha value is -17.1. The zero-order valence-electron chi connectivity index (χ0n) is 72.4. The molecular formula is C103H83Cl2F5N20O5. The van der Waals surface area contributed by atoms with Crippen molar-refractivity contribution in [1.82, 2.24) is 54.3 Å². The molecule has 14 N–H and O–H groups in total. The van der Waals surface area contributed by atoms with Crippen molar-refractivity contribution in [2.45, 2.75) is 40.4 Å². The fourth-order valence-electron chi connectivity index (χ4n) is 14.8. The Morgan fingerprint density at radius 2 is 0.770 bits per heavy atom. The van der Waals surface area contributed by atoms with Crippen LogP contribution in [0.1, 0.15) is 27.8 Å². The summed E-state index contributed by atoms with van der Waals surface area (Å²) >= 11 is 11.9. The molecule has 135 heavy (non-hydrogen) atoms. The number of aliphatic imine (C=N–C) groups is 1. The van der Waals surface area contributed by atoms with Gasteiger partial charge in [0, 0.05) is 150 Å². The van der Waals surface area contributed by atoms with Crippen LogP contribution in [-0.4, -0.2) is 109 Å². The fraction of sp³-hybridized carbons (Fsp3) is 0.0777. The first-order valence-electron chi connectivity index (χ1n) is 41.6. The molecule has 674 valence electrons. The summed E-state index contributed by atoms with van der Waals surface area (Å²) in [6.07, 6.45) is 16.4. The molecule has 0 radical (unpaired) electrons. The van der Waals surface area contributed by atoms with Crippen LogP contribution in [0.25, 0.3) is 145 Å². The zero-order chi connectivity index (χ0) is 95.7. The zero-order valence-corrected chi connectivity index (χ0v) is 73.9. The van der Waals surface area contributed by atoms with Gasteiger partial charge < -0.3 is 45.1 Å². The molecule has 5 amide bonds. The number of primary amides is 5. The van der Waals surface area contributed by atoms with Crippen LogP contribution >= 0.6 is 23.2 Å². The van der Waals surface area contributed by atoms with Crippen LogP contribution in [0.2, 0.25) is 10.0 Å². The third-order valence-corrected chi connectivity index (χ3v) is 21.8. The largest absolute Gasteiger partial charge is 0.398 e. The number of nitrogens with zero attached hydrogens (tertiary/aromatic N) is 12. The van der Waals surface area contributed by atoms with Gasteiger partial charge in [0.05, 0.1) is 67.8 Å². The summed E-state index contributed by atoms with van der Waals surface area (Å²) in [6, 6.07) is 71.3. The first kappa shape index (κ1) is 94.0. The summed E-state index contributed by atoms with van der Waals surface area (Å²) < 4.78 is 72.5. The number of nitrogens with two attached hydrogens (primary N) is 6. The number of aryl methyl sites for hydroxylation is 3. The van der Waals surface area contributed by atoms with Gasteiger partial charge in [0.2, 0.25) is 29.5 Å². The Morgan fingerprint density at radius 3 is 1.19 bits per heavy atom. The van der Waals surface area contributed by atoms with Gasteiger partial charge in [0.15, 0.2) is 0 Å². The van der Waals surface area contributed by atoms with Crippen molar-refractivity contribution in [2.24, 2.45) is 33.7 Å². The smallest absolute Gasteiger partial charge is 0.239 e. The fourth-order valence-corrected chi connectivity index (χ4v) is 15.1. The quantitative estimate of drug-likeness (QED) is 0.0168. The lowest BCUT2D eigenvalue weighted by Gasteiger charge is -2.13. The van der Waals surface area contributed by atoms with Gasteiger partial charge in [-0.1, -0.05) is 108 Å². The minimum atomic E-state index is -0.504. The molecule has 8 aromatic heterocycles. The molecule has 0 fully saturated rings. The third kappa shape index (κ3) is 23.2. The highest BCUT2D eigenvalue weighted by Crippen LogP contribution is 2.40. The summed E-state index contributed by atoms with van der Waals surface area (Å²) in [5.41, 5.74) is 55.1. The predicted octanol–water partition coefficient (Wildman–Crippen LogP) is 18.9. The molecular weight excluding hydrogens is 1760 g/mol. The minimum Gasteiger partial charge on any atom is -0.398 e. The second kappa shape index (κ2) is 42.6. The van der Waals surface area contributed by atoms with Crippen molar-refractivity contribution in [1.29, 1.82) is 5.41 Å². The van der Waals surface area contributed by atoms with Gasteiger partial charge in [-0.25, -0.2) is 22.0 Å². The van der Waals surface area contributed by atoms with Gasteiger partial charge in [-0.2, -0.15) is 15.3 Å². The first-order valence-corrected chi connectivity index (χ1v) is 42.3. The van der Waals surface area contributed by atoms with Crippen molar-refractivity contribution in [2.75, 3.05) is 24.1 Å². The summed E-state index contributed by atoms with van der Waals surface area (Å²) in [4.78, 5) is 81.7. The van der Waals surface area contributed by atoms with E-state index in [-0.39, 0.29) is 60.2 Å².